The van der Waals surface area contributed by atoms with Crippen LogP contribution in [0.5, 0.6) is 0 Å². The van der Waals surface area contributed by atoms with Gasteiger partial charge in [0, 0.05) is 6.54 Å². The van der Waals surface area contributed by atoms with E-state index in [9.17, 15) is 8.42 Å². The molecule has 1 aliphatic heterocycles. The third-order valence-corrected chi connectivity index (χ3v) is 6.69. The molecule has 1 aromatic carbocycles. The van der Waals surface area contributed by atoms with Crippen molar-refractivity contribution in [2.24, 2.45) is 0 Å². The number of unbranched alkanes of at least 4 members (excludes halogenated alkanes) is 1. The first-order chi connectivity index (χ1) is 10.8. The van der Waals surface area contributed by atoms with Gasteiger partial charge in [0.15, 0.2) is 0 Å². The summed E-state index contributed by atoms with van der Waals surface area (Å²) in [6.07, 6.45) is 4.54. The molecule has 1 aromatic rings. The van der Waals surface area contributed by atoms with Gasteiger partial charge in [0.25, 0.3) is 0 Å². The number of hydrogen-bond donors (Lipinski definition) is 1. The minimum atomic E-state index is -3.43. The summed E-state index contributed by atoms with van der Waals surface area (Å²) in [5.41, 5.74) is 3.78. The number of benzene rings is 1. The van der Waals surface area contributed by atoms with Gasteiger partial charge in [0.1, 0.15) is 0 Å². The normalized spacial score (nSPS) is 16.2. The molecule has 0 amide bonds. The molecule has 0 unspecified atom stereocenters. The fourth-order valence-corrected chi connectivity index (χ4v) is 5.01. The summed E-state index contributed by atoms with van der Waals surface area (Å²) in [6, 6.07) is 2.06. The molecule has 1 saturated heterocycles. The zero-order chi connectivity index (χ0) is 17.0. The first-order valence-electron chi connectivity index (χ1n) is 8.62. The Morgan fingerprint density at radius 1 is 1.00 bits per heavy atom. The van der Waals surface area contributed by atoms with Gasteiger partial charge in [-0.3, -0.25) is 0 Å². The van der Waals surface area contributed by atoms with Crippen LogP contribution in [0.3, 0.4) is 0 Å². The lowest BCUT2D eigenvalue weighted by molar-refractivity contribution is 0.330. The van der Waals surface area contributed by atoms with Crippen LogP contribution >= 0.6 is 0 Å². The van der Waals surface area contributed by atoms with Crippen LogP contribution in [0.25, 0.3) is 0 Å². The fraction of sp³-hybridized carbons (Fsp3) is 0.667. The Morgan fingerprint density at radius 3 is 2.13 bits per heavy atom. The molecule has 1 aliphatic rings. The maximum atomic E-state index is 12.7. The van der Waals surface area contributed by atoms with Crippen LogP contribution in [0.4, 0.5) is 0 Å². The molecule has 0 atom stereocenters. The average Bonchev–Trinajstić information content (AvgIpc) is 2.98. The number of sulfonamides is 1. The highest BCUT2D eigenvalue weighted by Gasteiger charge is 2.21. The number of aryl methyl sites for hydroxylation is 2. The van der Waals surface area contributed by atoms with Crippen molar-refractivity contribution in [1.29, 1.82) is 0 Å². The number of hydrogen-bond acceptors (Lipinski definition) is 3. The van der Waals surface area contributed by atoms with Crippen LogP contribution in [0, 0.1) is 27.7 Å². The van der Waals surface area contributed by atoms with E-state index in [2.05, 4.69) is 15.7 Å². The smallest absolute Gasteiger partial charge is 0.241 e. The van der Waals surface area contributed by atoms with Gasteiger partial charge in [-0.15, -0.1) is 0 Å². The molecule has 0 aliphatic carbocycles. The zero-order valence-electron chi connectivity index (χ0n) is 14.9. The Balaban J connectivity index is 1.94. The lowest BCUT2D eigenvalue weighted by Crippen LogP contribution is -2.28. The Bertz CT molecular complexity index is 621. The first kappa shape index (κ1) is 18.4. The monoisotopic (exact) mass is 338 g/mol. The van der Waals surface area contributed by atoms with Crippen molar-refractivity contribution in [1.82, 2.24) is 9.62 Å². The second kappa shape index (κ2) is 7.77. The molecule has 1 N–H and O–H groups in total. The fourth-order valence-electron chi connectivity index (χ4n) is 3.33. The summed E-state index contributed by atoms with van der Waals surface area (Å²) in [5, 5.41) is 0. The second-order valence-corrected chi connectivity index (χ2v) is 8.45. The molecule has 0 aromatic heterocycles. The van der Waals surface area contributed by atoms with Gasteiger partial charge in [-0.2, -0.15) is 0 Å². The van der Waals surface area contributed by atoms with Crippen molar-refractivity contribution < 1.29 is 8.42 Å². The predicted molar refractivity (Wildman–Crippen MR) is 95.5 cm³/mol. The van der Waals surface area contributed by atoms with E-state index in [1.165, 1.54) is 25.9 Å². The third-order valence-electron chi connectivity index (χ3n) is 4.96. The minimum absolute atomic E-state index is 0.467. The number of rotatable bonds is 7. The first-order valence-corrected chi connectivity index (χ1v) is 10.1. The van der Waals surface area contributed by atoms with Crippen molar-refractivity contribution in [3.63, 3.8) is 0 Å². The summed E-state index contributed by atoms with van der Waals surface area (Å²) in [6.45, 7) is 11.7. The third kappa shape index (κ3) is 4.55. The highest BCUT2D eigenvalue weighted by molar-refractivity contribution is 7.89. The standard InChI is InChI=1S/C18H30N2O2S/c1-14-13-15(2)17(4)18(16(14)3)23(21,22)19-9-5-6-10-20-11-7-8-12-20/h13,19H,5-12H2,1-4H3. The SMILES string of the molecule is Cc1cc(C)c(C)c(S(=O)(=O)NCCCCN2CCCC2)c1C. The van der Waals surface area contributed by atoms with Crippen LogP contribution in [0.15, 0.2) is 11.0 Å². The van der Waals surface area contributed by atoms with Crippen molar-refractivity contribution in [3.8, 4) is 0 Å². The molecule has 4 nitrogen and oxygen atoms in total. The lowest BCUT2D eigenvalue weighted by atomic mass is 10.0. The van der Waals surface area contributed by atoms with E-state index in [1.54, 1.807) is 0 Å². The van der Waals surface area contributed by atoms with E-state index in [0.29, 0.717) is 11.4 Å². The van der Waals surface area contributed by atoms with Crippen molar-refractivity contribution in [2.75, 3.05) is 26.2 Å². The Labute approximate surface area is 141 Å². The molecular weight excluding hydrogens is 308 g/mol. The van der Waals surface area contributed by atoms with E-state index < -0.39 is 10.0 Å². The van der Waals surface area contributed by atoms with Gasteiger partial charge in [0.05, 0.1) is 4.90 Å². The van der Waals surface area contributed by atoms with Crippen LogP contribution < -0.4 is 4.72 Å². The summed E-state index contributed by atoms with van der Waals surface area (Å²) < 4.78 is 28.1. The molecule has 5 heteroatoms. The number of nitrogens with one attached hydrogen (secondary N) is 1. The summed E-state index contributed by atoms with van der Waals surface area (Å²) in [4.78, 5) is 2.93. The van der Waals surface area contributed by atoms with Crippen LogP contribution in [-0.2, 0) is 10.0 Å². The Hall–Kier alpha value is -0.910. The van der Waals surface area contributed by atoms with Crippen LogP contribution in [-0.4, -0.2) is 39.5 Å². The van der Waals surface area contributed by atoms with Crippen LogP contribution in [0.2, 0.25) is 0 Å². The molecular formula is C18H30N2O2S. The molecule has 0 spiro atoms. The van der Waals surface area contributed by atoms with Gasteiger partial charge in [-0.05, 0) is 95.3 Å². The average molecular weight is 339 g/mol. The molecule has 2 rings (SSSR count). The van der Waals surface area contributed by atoms with E-state index in [-0.39, 0.29) is 0 Å². The highest BCUT2D eigenvalue weighted by atomic mass is 32.2. The molecule has 1 fully saturated rings. The van der Waals surface area contributed by atoms with Crippen molar-refractivity contribution in [2.45, 2.75) is 58.3 Å². The molecule has 130 valence electrons. The molecule has 1 heterocycles. The van der Waals surface area contributed by atoms with Crippen LogP contribution in [0.1, 0.15) is 47.9 Å². The lowest BCUT2D eigenvalue weighted by Gasteiger charge is -2.17. The topological polar surface area (TPSA) is 49.4 Å². The summed E-state index contributed by atoms with van der Waals surface area (Å²) in [7, 11) is -3.43. The van der Waals surface area contributed by atoms with Crippen molar-refractivity contribution in [3.05, 3.63) is 28.3 Å². The number of likely N-dealkylation sites (tertiary alicyclic amines) is 1. The Kier molecular flexibility index (Phi) is 6.23. The quantitative estimate of drug-likeness (QED) is 0.777. The molecule has 23 heavy (non-hydrogen) atoms. The number of nitrogens with zero attached hydrogens (tertiary/aromatic N) is 1. The summed E-state index contributed by atoms with van der Waals surface area (Å²) >= 11 is 0. The molecule has 0 bridgehead atoms. The van der Waals surface area contributed by atoms with Gasteiger partial charge in [-0.25, -0.2) is 13.1 Å². The predicted octanol–water partition coefficient (Wildman–Crippen LogP) is 3.07. The van der Waals surface area contributed by atoms with Gasteiger partial charge in [0.2, 0.25) is 10.0 Å². The van der Waals surface area contributed by atoms with E-state index in [0.717, 1.165) is 41.6 Å². The van der Waals surface area contributed by atoms with Gasteiger partial charge < -0.3 is 4.90 Å². The zero-order valence-corrected chi connectivity index (χ0v) is 15.7. The van der Waals surface area contributed by atoms with E-state index in [4.69, 9.17) is 0 Å². The molecule has 0 saturated carbocycles. The van der Waals surface area contributed by atoms with E-state index >= 15 is 0 Å². The Morgan fingerprint density at radius 2 is 1.57 bits per heavy atom. The maximum Gasteiger partial charge on any atom is 0.241 e. The largest absolute Gasteiger partial charge is 0.303 e. The second-order valence-electron chi connectivity index (χ2n) is 6.74. The summed E-state index contributed by atoms with van der Waals surface area (Å²) in [5.74, 6) is 0. The molecule has 0 radical (unpaired) electrons. The minimum Gasteiger partial charge on any atom is -0.303 e. The highest BCUT2D eigenvalue weighted by Crippen LogP contribution is 2.25. The van der Waals surface area contributed by atoms with Gasteiger partial charge in [-0.1, -0.05) is 6.07 Å². The van der Waals surface area contributed by atoms with E-state index in [1.807, 2.05) is 27.7 Å². The van der Waals surface area contributed by atoms with Crippen molar-refractivity contribution >= 4 is 10.0 Å². The maximum absolute atomic E-state index is 12.7. The van der Waals surface area contributed by atoms with Gasteiger partial charge >= 0.3 is 0 Å².